The van der Waals surface area contributed by atoms with Crippen LogP contribution >= 0.6 is 0 Å². The van der Waals surface area contributed by atoms with Gasteiger partial charge in [0, 0.05) is 35.7 Å². The summed E-state index contributed by atoms with van der Waals surface area (Å²) in [6, 6.07) is 22.0. The summed E-state index contributed by atoms with van der Waals surface area (Å²) in [5.41, 5.74) is 8.86. The second-order valence-electron chi connectivity index (χ2n) is 10.4. The van der Waals surface area contributed by atoms with E-state index in [9.17, 15) is 0 Å². The molecule has 0 spiro atoms. The molecule has 1 aromatic heterocycles. The molecular formula is C32H39N3O2. The van der Waals surface area contributed by atoms with E-state index in [4.69, 9.17) is 9.47 Å². The minimum Gasteiger partial charge on any atom is -0.493 e. The Morgan fingerprint density at radius 3 is 2.30 bits per heavy atom. The van der Waals surface area contributed by atoms with Crippen LogP contribution in [0, 0.1) is 0 Å². The van der Waals surface area contributed by atoms with Crippen LogP contribution < -0.4 is 14.8 Å². The lowest BCUT2D eigenvalue weighted by Crippen LogP contribution is -2.32. The highest BCUT2D eigenvalue weighted by atomic mass is 16.5. The van der Waals surface area contributed by atoms with Crippen molar-refractivity contribution < 1.29 is 9.47 Å². The molecule has 5 rings (SSSR count). The molecule has 1 fully saturated rings. The molecule has 194 valence electrons. The van der Waals surface area contributed by atoms with Gasteiger partial charge in [-0.1, -0.05) is 32.0 Å². The Kier molecular flexibility index (Phi) is 7.43. The van der Waals surface area contributed by atoms with Crippen molar-refractivity contribution >= 4 is 16.6 Å². The third-order valence-electron chi connectivity index (χ3n) is 7.82. The zero-order valence-electron chi connectivity index (χ0n) is 22.7. The molecule has 37 heavy (non-hydrogen) atoms. The zero-order valence-corrected chi connectivity index (χ0v) is 22.7. The number of piperidine rings is 1. The van der Waals surface area contributed by atoms with Gasteiger partial charge in [-0.05, 0) is 96.9 Å². The predicted octanol–water partition coefficient (Wildman–Crippen LogP) is 7.40. The van der Waals surface area contributed by atoms with E-state index >= 15 is 0 Å². The maximum absolute atomic E-state index is 5.58. The fraction of sp³-hybridized carbons (Fsp3) is 0.375. The fourth-order valence-electron chi connectivity index (χ4n) is 5.76. The lowest BCUT2D eigenvalue weighted by molar-refractivity contribution is 0.204. The van der Waals surface area contributed by atoms with Crippen molar-refractivity contribution in [2.45, 2.75) is 45.1 Å². The van der Waals surface area contributed by atoms with E-state index in [0.717, 1.165) is 42.4 Å². The number of hydrogen-bond acceptors (Lipinski definition) is 4. The van der Waals surface area contributed by atoms with Gasteiger partial charge in [-0.2, -0.15) is 0 Å². The lowest BCUT2D eigenvalue weighted by atomic mass is 9.87. The van der Waals surface area contributed by atoms with E-state index in [1.54, 1.807) is 14.2 Å². The van der Waals surface area contributed by atoms with Gasteiger partial charge in [0.2, 0.25) is 0 Å². The number of aromatic amines is 1. The summed E-state index contributed by atoms with van der Waals surface area (Å²) in [6.07, 6.45) is 2.40. The number of benzene rings is 3. The second kappa shape index (κ2) is 10.9. The summed E-state index contributed by atoms with van der Waals surface area (Å²) in [4.78, 5) is 6.31. The largest absolute Gasteiger partial charge is 0.493 e. The van der Waals surface area contributed by atoms with Crippen LogP contribution in [0.15, 0.2) is 60.7 Å². The van der Waals surface area contributed by atoms with Gasteiger partial charge in [-0.3, -0.25) is 4.90 Å². The molecule has 5 heteroatoms. The highest BCUT2D eigenvalue weighted by Crippen LogP contribution is 2.40. The molecule has 0 bridgehead atoms. The predicted molar refractivity (Wildman–Crippen MR) is 154 cm³/mol. The summed E-state index contributed by atoms with van der Waals surface area (Å²) < 4.78 is 11.0. The summed E-state index contributed by atoms with van der Waals surface area (Å²) in [5.74, 6) is 2.49. The first-order chi connectivity index (χ1) is 18.0. The molecule has 0 amide bonds. The van der Waals surface area contributed by atoms with Crippen LogP contribution in [0.1, 0.15) is 55.2 Å². The van der Waals surface area contributed by atoms with Crippen molar-refractivity contribution in [2.24, 2.45) is 0 Å². The number of anilines is 1. The van der Waals surface area contributed by atoms with Gasteiger partial charge in [-0.15, -0.1) is 0 Å². The number of fused-ring (bicyclic) bond motifs is 1. The van der Waals surface area contributed by atoms with Gasteiger partial charge in [0.15, 0.2) is 11.5 Å². The smallest absolute Gasteiger partial charge is 0.161 e. The van der Waals surface area contributed by atoms with Crippen molar-refractivity contribution in [3.05, 3.63) is 77.4 Å². The third kappa shape index (κ3) is 5.19. The average Bonchev–Trinajstić information content (AvgIpc) is 3.32. The number of methoxy groups -OCH3 is 2. The number of nitrogens with zero attached hydrogens (tertiary/aromatic N) is 1. The first-order valence-electron chi connectivity index (χ1n) is 13.4. The summed E-state index contributed by atoms with van der Waals surface area (Å²) in [5, 5.41) is 4.54. The molecule has 4 aromatic rings. The molecule has 0 unspecified atom stereocenters. The third-order valence-corrected chi connectivity index (χ3v) is 7.82. The molecule has 5 nitrogen and oxygen atoms in total. The molecule has 0 saturated carbocycles. The standard InChI is InChI=1S/C32H39N3O2/c1-21(2)31-27-18-24(23-14-16-35(17-15-23)20-22-6-10-26(33-3)11-7-22)8-12-28(27)34-32(31)25-9-13-29(36-4)30(19-25)37-5/h6-13,18-19,21,23,33-34H,14-17,20H2,1-5H3. The molecule has 1 aliphatic rings. The number of H-pyrrole nitrogens is 1. The van der Waals surface area contributed by atoms with Gasteiger partial charge in [0.05, 0.1) is 19.9 Å². The molecule has 3 aromatic carbocycles. The molecule has 2 N–H and O–H groups in total. The minimum atomic E-state index is 0.392. The molecular weight excluding hydrogens is 458 g/mol. The molecule has 0 aliphatic carbocycles. The second-order valence-corrected chi connectivity index (χ2v) is 10.4. The molecule has 0 atom stereocenters. The van der Waals surface area contributed by atoms with E-state index < -0.39 is 0 Å². The van der Waals surface area contributed by atoms with E-state index in [0.29, 0.717) is 11.8 Å². The van der Waals surface area contributed by atoms with Crippen LogP contribution in [-0.2, 0) is 6.54 Å². The number of ether oxygens (including phenoxy) is 2. The number of likely N-dealkylation sites (tertiary alicyclic amines) is 1. The Bertz CT molecular complexity index is 1350. The maximum atomic E-state index is 5.58. The normalized spacial score (nSPS) is 14.9. The number of nitrogens with one attached hydrogen (secondary N) is 2. The van der Waals surface area contributed by atoms with E-state index in [1.165, 1.54) is 46.1 Å². The topological polar surface area (TPSA) is 49.5 Å². The van der Waals surface area contributed by atoms with Gasteiger partial charge < -0.3 is 19.8 Å². The number of hydrogen-bond donors (Lipinski definition) is 2. The van der Waals surface area contributed by atoms with Gasteiger partial charge in [0.25, 0.3) is 0 Å². The Morgan fingerprint density at radius 2 is 1.65 bits per heavy atom. The fourth-order valence-corrected chi connectivity index (χ4v) is 5.76. The number of rotatable bonds is 8. The Balaban J connectivity index is 1.36. The van der Waals surface area contributed by atoms with Crippen LogP contribution in [0.3, 0.4) is 0 Å². The summed E-state index contributed by atoms with van der Waals surface area (Å²) in [7, 11) is 5.33. The van der Waals surface area contributed by atoms with Crippen molar-refractivity contribution in [1.82, 2.24) is 9.88 Å². The summed E-state index contributed by atoms with van der Waals surface area (Å²) >= 11 is 0. The molecule has 0 radical (unpaired) electrons. The lowest BCUT2D eigenvalue weighted by Gasteiger charge is -2.32. The molecule has 2 heterocycles. The van der Waals surface area contributed by atoms with Crippen LogP contribution in [0.2, 0.25) is 0 Å². The monoisotopic (exact) mass is 497 g/mol. The Morgan fingerprint density at radius 1 is 0.919 bits per heavy atom. The molecule has 1 saturated heterocycles. The zero-order chi connectivity index (χ0) is 25.9. The highest BCUT2D eigenvalue weighted by Gasteiger charge is 2.23. The van der Waals surface area contributed by atoms with Crippen LogP contribution in [0.4, 0.5) is 5.69 Å². The average molecular weight is 498 g/mol. The van der Waals surface area contributed by atoms with Crippen molar-refractivity contribution in [2.75, 3.05) is 39.7 Å². The van der Waals surface area contributed by atoms with Gasteiger partial charge in [0.1, 0.15) is 0 Å². The summed E-state index contributed by atoms with van der Waals surface area (Å²) in [6.45, 7) is 7.86. The number of aromatic nitrogens is 1. The van der Waals surface area contributed by atoms with Crippen LogP contribution in [0.5, 0.6) is 11.5 Å². The highest BCUT2D eigenvalue weighted by molar-refractivity contribution is 5.92. The van der Waals surface area contributed by atoms with Crippen LogP contribution in [-0.4, -0.2) is 44.2 Å². The minimum absolute atomic E-state index is 0.392. The van der Waals surface area contributed by atoms with Crippen molar-refractivity contribution in [3.8, 4) is 22.8 Å². The van der Waals surface area contributed by atoms with Crippen molar-refractivity contribution in [1.29, 1.82) is 0 Å². The van der Waals surface area contributed by atoms with Crippen LogP contribution in [0.25, 0.3) is 22.2 Å². The van der Waals surface area contributed by atoms with Gasteiger partial charge in [-0.25, -0.2) is 0 Å². The first kappa shape index (κ1) is 25.2. The van der Waals surface area contributed by atoms with E-state index in [2.05, 4.69) is 83.6 Å². The Hall–Kier alpha value is -3.44. The SMILES string of the molecule is CNc1ccc(CN2CCC(c3ccc4[nH]c(-c5ccc(OC)c(OC)c5)c(C(C)C)c4c3)CC2)cc1. The van der Waals surface area contributed by atoms with Gasteiger partial charge >= 0.3 is 0 Å². The van der Waals surface area contributed by atoms with Crippen molar-refractivity contribution in [3.63, 3.8) is 0 Å². The molecule has 1 aliphatic heterocycles. The van der Waals surface area contributed by atoms with E-state index in [-0.39, 0.29) is 0 Å². The Labute approximate surface area is 220 Å². The van der Waals surface area contributed by atoms with E-state index in [1.807, 2.05) is 13.1 Å². The first-order valence-corrected chi connectivity index (χ1v) is 13.4. The maximum Gasteiger partial charge on any atom is 0.161 e. The quantitative estimate of drug-likeness (QED) is 0.266.